The van der Waals surface area contributed by atoms with Crippen LogP contribution in [0.25, 0.3) is 0 Å². The zero-order valence-corrected chi connectivity index (χ0v) is 19.3. The van der Waals surface area contributed by atoms with E-state index >= 15 is 0 Å². The second kappa shape index (κ2) is 9.14. The fourth-order valence-corrected chi connectivity index (χ4v) is 5.17. The maximum absolute atomic E-state index is 13.6. The standard InChI is InChI=1S/C29H31N3O/c1-3-32(4-2)23-16-14-21(15-17-23)29-28-26(30-24-12-8-9-13-25(24)31-29)18-22(19-27(28)33)20-10-6-5-7-11-20/h5-17,22,29-31H,3-4,18-19H2,1-2H3/t22-,29-/m1/s1. The van der Waals surface area contributed by atoms with Gasteiger partial charge in [0.15, 0.2) is 5.78 Å². The minimum Gasteiger partial charge on any atom is -0.372 e. The van der Waals surface area contributed by atoms with Crippen molar-refractivity contribution in [3.05, 3.63) is 101 Å². The summed E-state index contributed by atoms with van der Waals surface area (Å²) in [5, 5.41) is 7.31. The van der Waals surface area contributed by atoms with Crippen molar-refractivity contribution in [2.24, 2.45) is 0 Å². The Balaban J connectivity index is 1.56. The Bertz CT molecular complexity index is 1160. The van der Waals surface area contributed by atoms with Gasteiger partial charge in [0.2, 0.25) is 0 Å². The van der Waals surface area contributed by atoms with E-state index in [4.69, 9.17) is 0 Å². The normalized spacial score (nSPS) is 19.6. The molecule has 3 aromatic rings. The summed E-state index contributed by atoms with van der Waals surface area (Å²) in [5.74, 6) is 0.414. The molecular formula is C29H31N3O. The third kappa shape index (κ3) is 4.13. The Hall–Kier alpha value is -3.53. The molecule has 2 atom stereocenters. The van der Waals surface area contributed by atoms with Crippen molar-refractivity contribution in [3.63, 3.8) is 0 Å². The van der Waals surface area contributed by atoms with E-state index in [2.05, 4.69) is 90.0 Å². The molecule has 168 valence electrons. The first-order valence-corrected chi connectivity index (χ1v) is 12.0. The number of ketones is 1. The van der Waals surface area contributed by atoms with Crippen LogP contribution in [0.15, 0.2) is 90.1 Å². The number of nitrogens with zero attached hydrogens (tertiary/aromatic N) is 1. The first-order chi connectivity index (χ1) is 16.2. The average molecular weight is 438 g/mol. The molecule has 4 heteroatoms. The molecule has 2 N–H and O–H groups in total. The van der Waals surface area contributed by atoms with Crippen molar-refractivity contribution in [2.45, 2.75) is 38.6 Å². The minimum absolute atomic E-state index is 0.175. The molecule has 0 saturated heterocycles. The van der Waals surface area contributed by atoms with Crippen LogP contribution >= 0.6 is 0 Å². The molecule has 33 heavy (non-hydrogen) atoms. The summed E-state index contributed by atoms with van der Waals surface area (Å²) in [4.78, 5) is 16.0. The molecule has 0 radical (unpaired) electrons. The van der Waals surface area contributed by atoms with E-state index < -0.39 is 0 Å². The van der Waals surface area contributed by atoms with Crippen LogP contribution in [-0.4, -0.2) is 18.9 Å². The SMILES string of the molecule is CCN(CC)c1ccc([C@H]2Nc3ccccc3NC3=C2C(=O)C[C@H](c2ccccc2)C3)cc1. The van der Waals surface area contributed by atoms with Crippen molar-refractivity contribution in [1.82, 2.24) is 0 Å². The van der Waals surface area contributed by atoms with Crippen LogP contribution in [0.4, 0.5) is 17.1 Å². The fraction of sp³-hybridized carbons (Fsp3) is 0.276. The average Bonchev–Trinajstić information content (AvgIpc) is 3.03. The number of allylic oxidation sites excluding steroid dienone is 1. The summed E-state index contributed by atoms with van der Waals surface area (Å²) in [5.41, 5.74) is 7.50. The summed E-state index contributed by atoms with van der Waals surface area (Å²) >= 11 is 0. The summed E-state index contributed by atoms with van der Waals surface area (Å²) in [7, 11) is 0. The summed E-state index contributed by atoms with van der Waals surface area (Å²) in [6.07, 6.45) is 1.37. The van der Waals surface area contributed by atoms with Gasteiger partial charge in [-0.15, -0.1) is 0 Å². The van der Waals surface area contributed by atoms with Gasteiger partial charge in [-0.2, -0.15) is 0 Å². The van der Waals surface area contributed by atoms with Crippen LogP contribution in [0.1, 0.15) is 49.8 Å². The quantitative estimate of drug-likeness (QED) is 0.477. The number of carbonyl (C=O) groups excluding carboxylic acids is 1. The lowest BCUT2D eigenvalue weighted by Gasteiger charge is -2.30. The van der Waals surface area contributed by atoms with Crippen molar-refractivity contribution < 1.29 is 4.79 Å². The molecule has 3 aromatic carbocycles. The highest BCUT2D eigenvalue weighted by Gasteiger charge is 2.36. The molecule has 2 aliphatic rings. The fourth-order valence-electron chi connectivity index (χ4n) is 5.17. The molecule has 0 saturated carbocycles. The topological polar surface area (TPSA) is 44.4 Å². The summed E-state index contributed by atoms with van der Waals surface area (Å²) in [6, 6.07) is 27.1. The number of rotatable bonds is 5. The Labute approximate surface area is 196 Å². The number of fused-ring (bicyclic) bond motifs is 1. The van der Waals surface area contributed by atoms with Gasteiger partial charge in [0.1, 0.15) is 0 Å². The minimum atomic E-state index is -0.175. The van der Waals surface area contributed by atoms with Crippen LogP contribution in [-0.2, 0) is 4.79 Å². The Morgan fingerprint density at radius 2 is 1.45 bits per heavy atom. The Morgan fingerprint density at radius 1 is 0.788 bits per heavy atom. The summed E-state index contributed by atoms with van der Waals surface area (Å²) < 4.78 is 0. The highest BCUT2D eigenvalue weighted by molar-refractivity contribution is 6.01. The number of carbonyl (C=O) groups is 1. The van der Waals surface area contributed by atoms with Crippen LogP contribution < -0.4 is 15.5 Å². The lowest BCUT2D eigenvalue weighted by molar-refractivity contribution is -0.116. The Kier molecular flexibility index (Phi) is 5.91. The van der Waals surface area contributed by atoms with Gasteiger partial charge in [-0.1, -0.05) is 54.6 Å². The van der Waals surface area contributed by atoms with E-state index in [1.807, 2.05) is 18.2 Å². The van der Waals surface area contributed by atoms with E-state index in [1.54, 1.807) is 0 Å². The summed E-state index contributed by atoms with van der Waals surface area (Å²) in [6.45, 7) is 6.30. The molecule has 5 rings (SSSR count). The second-order valence-electron chi connectivity index (χ2n) is 8.84. The Morgan fingerprint density at radius 3 is 2.15 bits per heavy atom. The number of nitrogens with one attached hydrogen (secondary N) is 2. The predicted octanol–water partition coefficient (Wildman–Crippen LogP) is 6.51. The lowest BCUT2D eigenvalue weighted by atomic mass is 9.78. The number of para-hydroxylation sites is 2. The highest BCUT2D eigenvalue weighted by atomic mass is 16.1. The monoisotopic (exact) mass is 437 g/mol. The molecule has 1 heterocycles. The van der Waals surface area contributed by atoms with Gasteiger partial charge in [0.25, 0.3) is 0 Å². The number of hydrogen-bond acceptors (Lipinski definition) is 4. The third-order valence-electron chi connectivity index (χ3n) is 6.93. The van der Waals surface area contributed by atoms with Crippen molar-refractivity contribution in [2.75, 3.05) is 28.6 Å². The smallest absolute Gasteiger partial charge is 0.163 e. The van der Waals surface area contributed by atoms with Crippen molar-refractivity contribution in [1.29, 1.82) is 0 Å². The van der Waals surface area contributed by atoms with Crippen LogP contribution in [0.2, 0.25) is 0 Å². The zero-order valence-electron chi connectivity index (χ0n) is 19.3. The third-order valence-corrected chi connectivity index (χ3v) is 6.93. The number of anilines is 3. The first kappa shape index (κ1) is 21.3. The molecular weight excluding hydrogens is 406 g/mol. The molecule has 1 aliphatic heterocycles. The van der Waals surface area contributed by atoms with Gasteiger partial charge < -0.3 is 15.5 Å². The van der Waals surface area contributed by atoms with Crippen molar-refractivity contribution >= 4 is 22.8 Å². The predicted molar refractivity (Wildman–Crippen MR) is 137 cm³/mol. The van der Waals surface area contributed by atoms with Gasteiger partial charge in [0.05, 0.1) is 17.4 Å². The van der Waals surface area contributed by atoms with E-state index in [0.29, 0.717) is 6.42 Å². The second-order valence-corrected chi connectivity index (χ2v) is 8.84. The zero-order chi connectivity index (χ0) is 22.8. The molecule has 0 bridgehead atoms. The maximum Gasteiger partial charge on any atom is 0.163 e. The van der Waals surface area contributed by atoms with Crippen LogP contribution in [0.5, 0.6) is 0 Å². The van der Waals surface area contributed by atoms with Crippen LogP contribution in [0, 0.1) is 0 Å². The molecule has 4 nitrogen and oxygen atoms in total. The number of Topliss-reactive ketones (excluding diaryl/α,β-unsaturated/α-hetero) is 1. The highest BCUT2D eigenvalue weighted by Crippen LogP contribution is 2.44. The largest absolute Gasteiger partial charge is 0.372 e. The van der Waals surface area contributed by atoms with E-state index in [0.717, 1.165) is 47.7 Å². The molecule has 0 spiro atoms. The molecule has 0 fully saturated rings. The van der Waals surface area contributed by atoms with Gasteiger partial charge in [-0.3, -0.25) is 4.79 Å². The van der Waals surface area contributed by atoms with Gasteiger partial charge in [-0.25, -0.2) is 0 Å². The number of benzene rings is 3. The van der Waals surface area contributed by atoms with Gasteiger partial charge in [0, 0.05) is 36.5 Å². The first-order valence-electron chi connectivity index (χ1n) is 12.0. The van der Waals surface area contributed by atoms with E-state index in [9.17, 15) is 4.79 Å². The molecule has 1 aliphatic carbocycles. The van der Waals surface area contributed by atoms with Crippen molar-refractivity contribution in [3.8, 4) is 0 Å². The molecule has 0 aromatic heterocycles. The van der Waals surface area contributed by atoms with E-state index in [1.165, 1.54) is 11.3 Å². The molecule has 0 amide bonds. The lowest BCUT2D eigenvalue weighted by Crippen LogP contribution is -2.27. The maximum atomic E-state index is 13.6. The van der Waals surface area contributed by atoms with Crippen LogP contribution in [0.3, 0.4) is 0 Å². The van der Waals surface area contributed by atoms with Gasteiger partial charge in [-0.05, 0) is 61.6 Å². The number of hydrogen-bond donors (Lipinski definition) is 2. The molecule has 0 unspecified atom stereocenters. The van der Waals surface area contributed by atoms with E-state index in [-0.39, 0.29) is 17.7 Å². The van der Waals surface area contributed by atoms with Gasteiger partial charge >= 0.3 is 0 Å².